The molecular formula is C26H33NO3. The molecule has 160 valence electrons. The summed E-state index contributed by atoms with van der Waals surface area (Å²) in [6, 6.07) is 12.4. The molecule has 0 radical (unpaired) electrons. The Labute approximate surface area is 180 Å². The minimum absolute atomic E-state index is 0.0653. The number of aryl methyl sites for hydroxylation is 3. The van der Waals surface area contributed by atoms with E-state index >= 15 is 0 Å². The molecule has 2 aromatic carbocycles. The van der Waals surface area contributed by atoms with Gasteiger partial charge >= 0.3 is 0 Å². The fourth-order valence-corrected chi connectivity index (χ4v) is 4.62. The lowest BCUT2D eigenvalue weighted by Gasteiger charge is -2.38. The van der Waals surface area contributed by atoms with Gasteiger partial charge in [-0.15, -0.1) is 0 Å². The molecule has 1 amide bonds. The Morgan fingerprint density at radius 1 is 1.17 bits per heavy atom. The highest BCUT2D eigenvalue weighted by atomic mass is 16.5. The van der Waals surface area contributed by atoms with Gasteiger partial charge in [-0.2, -0.15) is 0 Å². The summed E-state index contributed by atoms with van der Waals surface area (Å²) >= 11 is 0. The second-order valence-corrected chi connectivity index (χ2v) is 9.32. The van der Waals surface area contributed by atoms with Crippen LogP contribution in [0.5, 0.6) is 11.5 Å². The molecule has 0 unspecified atom stereocenters. The molecule has 30 heavy (non-hydrogen) atoms. The van der Waals surface area contributed by atoms with E-state index in [1.807, 2.05) is 13.0 Å². The van der Waals surface area contributed by atoms with Gasteiger partial charge in [0.2, 0.25) is 0 Å². The van der Waals surface area contributed by atoms with Crippen molar-refractivity contribution in [3.8, 4) is 11.5 Å². The molecule has 1 N–H and O–H groups in total. The first-order chi connectivity index (χ1) is 14.3. The highest BCUT2D eigenvalue weighted by molar-refractivity contribution is 5.81. The lowest BCUT2D eigenvalue weighted by atomic mass is 9.89. The van der Waals surface area contributed by atoms with Crippen molar-refractivity contribution >= 4 is 5.91 Å². The SMILES string of the molecule is CC[C@@H](Oc1ccc2c(c1)CCCC2)C(=O)N[C@H]1CC(C)(C)Oc2cc(C)ccc21. The summed E-state index contributed by atoms with van der Waals surface area (Å²) in [7, 11) is 0. The van der Waals surface area contributed by atoms with E-state index in [1.165, 1.54) is 24.0 Å². The maximum absolute atomic E-state index is 13.1. The molecular weight excluding hydrogens is 374 g/mol. The third-order valence-corrected chi connectivity index (χ3v) is 6.20. The first-order valence-corrected chi connectivity index (χ1v) is 11.2. The van der Waals surface area contributed by atoms with Gasteiger partial charge in [0, 0.05) is 12.0 Å². The molecule has 1 heterocycles. The van der Waals surface area contributed by atoms with E-state index in [4.69, 9.17) is 9.47 Å². The Bertz CT molecular complexity index is 934. The molecule has 4 heteroatoms. The molecule has 0 saturated carbocycles. The van der Waals surface area contributed by atoms with Crippen molar-refractivity contribution in [2.45, 2.75) is 84.0 Å². The van der Waals surface area contributed by atoms with Crippen LogP contribution in [-0.4, -0.2) is 17.6 Å². The molecule has 0 fully saturated rings. The fraction of sp³-hybridized carbons (Fsp3) is 0.500. The number of rotatable bonds is 5. The van der Waals surface area contributed by atoms with Crippen molar-refractivity contribution < 1.29 is 14.3 Å². The summed E-state index contributed by atoms with van der Waals surface area (Å²) in [6.07, 6.45) is 5.57. The van der Waals surface area contributed by atoms with E-state index in [2.05, 4.69) is 56.4 Å². The summed E-state index contributed by atoms with van der Waals surface area (Å²) in [5, 5.41) is 3.24. The molecule has 4 rings (SSSR count). The molecule has 0 aromatic heterocycles. The molecule has 0 bridgehead atoms. The average molecular weight is 408 g/mol. The van der Waals surface area contributed by atoms with E-state index in [-0.39, 0.29) is 17.6 Å². The van der Waals surface area contributed by atoms with E-state index in [1.54, 1.807) is 0 Å². The van der Waals surface area contributed by atoms with Crippen molar-refractivity contribution in [3.63, 3.8) is 0 Å². The van der Waals surface area contributed by atoms with Gasteiger partial charge in [0.05, 0.1) is 6.04 Å². The minimum atomic E-state index is -0.508. The van der Waals surface area contributed by atoms with Crippen LogP contribution in [-0.2, 0) is 17.6 Å². The highest BCUT2D eigenvalue weighted by Gasteiger charge is 2.35. The Morgan fingerprint density at radius 3 is 2.70 bits per heavy atom. The number of carbonyl (C=O) groups excluding carboxylic acids is 1. The number of carbonyl (C=O) groups is 1. The molecule has 1 aliphatic heterocycles. The first-order valence-electron chi connectivity index (χ1n) is 11.2. The predicted molar refractivity (Wildman–Crippen MR) is 119 cm³/mol. The zero-order valence-electron chi connectivity index (χ0n) is 18.6. The zero-order valence-corrected chi connectivity index (χ0v) is 18.6. The predicted octanol–water partition coefficient (Wildman–Crippen LogP) is 5.45. The molecule has 0 spiro atoms. The standard InChI is InChI=1S/C26H33NO3/c1-5-23(29-20-12-11-18-8-6-7-9-19(18)15-20)25(28)27-22-16-26(3,4)30-24-14-17(2)10-13-21(22)24/h10-15,22-23H,5-9,16H2,1-4H3,(H,27,28)/t22-,23+/m0/s1. The van der Waals surface area contributed by atoms with E-state index in [9.17, 15) is 4.79 Å². The largest absolute Gasteiger partial charge is 0.487 e. The number of ether oxygens (including phenoxy) is 2. The molecule has 0 saturated heterocycles. The van der Waals surface area contributed by atoms with Gasteiger partial charge in [-0.3, -0.25) is 4.79 Å². The minimum Gasteiger partial charge on any atom is -0.487 e. The normalized spacial score (nSPS) is 20.3. The highest BCUT2D eigenvalue weighted by Crippen LogP contribution is 2.40. The van der Waals surface area contributed by atoms with Gasteiger partial charge in [-0.25, -0.2) is 0 Å². The number of nitrogens with one attached hydrogen (secondary N) is 1. The molecule has 2 aliphatic rings. The second kappa shape index (κ2) is 8.33. The summed E-state index contributed by atoms with van der Waals surface area (Å²) in [5.74, 6) is 1.59. The van der Waals surface area contributed by atoms with Gasteiger partial charge in [-0.1, -0.05) is 25.1 Å². The molecule has 2 aromatic rings. The number of benzene rings is 2. The number of hydrogen-bond acceptors (Lipinski definition) is 3. The van der Waals surface area contributed by atoms with Gasteiger partial charge in [-0.05, 0) is 87.8 Å². The van der Waals surface area contributed by atoms with E-state index in [0.29, 0.717) is 6.42 Å². The molecule has 2 atom stereocenters. The maximum atomic E-state index is 13.1. The van der Waals surface area contributed by atoms with Gasteiger partial charge in [0.15, 0.2) is 6.10 Å². The van der Waals surface area contributed by atoms with Crippen molar-refractivity contribution in [2.24, 2.45) is 0 Å². The maximum Gasteiger partial charge on any atom is 0.261 e. The average Bonchev–Trinajstić information content (AvgIpc) is 2.70. The molecule has 4 nitrogen and oxygen atoms in total. The Hall–Kier alpha value is -2.49. The molecule has 1 aliphatic carbocycles. The fourth-order valence-electron chi connectivity index (χ4n) is 4.62. The third-order valence-electron chi connectivity index (χ3n) is 6.20. The van der Waals surface area contributed by atoms with Crippen LogP contribution in [0.25, 0.3) is 0 Å². The van der Waals surface area contributed by atoms with Crippen LogP contribution in [0.3, 0.4) is 0 Å². The van der Waals surface area contributed by atoms with Crippen LogP contribution in [0, 0.1) is 6.92 Å². The first kappa shape index (κ1) is 20.8. The van der Waals surface area contributed by atoms with Gasteiger partial charge < -0.3 is 14.8 Å². The smallest absolute Gasteiger partial charge is 0.261 e. The van der Waals surface area contributed by atoms with Crippen molar-refractivity contribution in [3.05, 3.63) is 58.7 Å². The third kappa shape index (κ3) is 4.48. The number of fused-ring (bicyclic) bond motifs is 2. The van der Waals surface area contributed by atoms with Crippen LogP contribution in [0.4, 0.5) is 0 Å². The second-order valence-electron chi connectivity index (χ2n) is 9.32. The topological polar surface area (TPSA) is 47.6 Å². The lowest BCUT2D eigenvalue weighted by Crippen LogP contribution is -2.45. The Morgan fingerprint density at radius 2 is 1.93 bits per heavy atom. The summed E-state index contributed by atoms with van der Waals surface area (Å²) in [6.45, 7) is 8.18. The van der Waals surface area contributed by atoms with Crippen LogP contribution in [0.1, 0.15) is 74.8 Å². The van der Waals surface area contributed by atoms with Gasteiger partial charge in [0.1, 0.15) is 17.1 Å². The monoisotopic (exact) mass is 407 g/mol. The summed E-state index contributed by atoms with van der Waals surface area (Å²) < 4.78 is 12.3. The summed E-state index contributed by atoms with van der Waals surface area (Å²) in [4.78, 5) is 13.1. The number of amides is 1. The lowest BCUT2D eigenvalue weighted by molar-refractivity contribution is -0.129. The van der Waals surface area contributed by atoms with Gasteiger partial charge in [0.25, 0.3) is 5.91 Å². The van der Waals surface area contributed by atoms with Crippen LogP contribution >= 0.6 is 0 Å². The number of hydrogen-bond donors (Lipinski definition) is 1. The van der Waals surface area contributed by atoms with E-state index in [0.717, 1.165) is 41.9 Å². The van der Waals surface area contributed by atoms with Crippen LogP contribution < -0.4 is 14.8 Å². The van der Waals surface area contributed by atoms with Crippen LogP contribution in [0.2, 0.25) is 0 Å². The quantitative estimate of drug-likeness (QED) is 0.717. The zero-order chi connectivity index (χ0) is 21.3. The Kier molecular flexibility index (Phi) is 5.77. The van der Waals surface area contributed by atoms with Crippen molar-refractivity contribution in [1.82, 2.24) is 5.32 Å². The van der Waals surface area contributed by atoms with Crippen LogP contribution in [0.15, 0.2) is 36.4 Å². The summed E-state index contributed by atoms with van der Waals surface area (Å²) in [5.41, 5.74) is 4.64. The van der Waals surface area contributed by atoms with Crippen molar-refractivity contribution in [2.75, 3.05) is 0 Å². The van der Waals surface area contributed by atoms with Crippen molar-refractivity contribution in [1.29, 1.82) is 0 Å². The Balaban J connectivity index is 1.49. The van der Waals surface area contributed by atoms with E-state index < -0.39 is 6.10 Å².